The van der Waals surface area contributed by atoms with Crippen LogP contribution >= 0.6 is 0 Å². The van der Waals surface area contributed by atoms with Crippen molar-refractivity contribution in [1.29, 1.82) is 0 Å². The molecule has 0 unspecified atom stereocenters. The third-order valence-electron chi connectivity index (χ3n) is 4.82. The van der Waals surface area contributed by atoms with Crippen LogP contribution in [0.3, 0.4) is 0 Å². The fourth-order valence-corrected chi connectivity index (χ4v) is 3.38. The van der Waals surface area contributed by atoms with Crippen molar-refractivity contribution in [2.24, 2.45) is 0 Å². The number of hydrogen-bond donors (Lipinski definition) is 2. The van der Waals surface area contributed by atoms with Crippen LogP contribution in [-0.2, 0) is 6.42 Å². The molecule has 0 amide bonds. The van der Waals surface area contributed by atoms with Gasteiger partial charge in [-0.05, 0) is 42.7 Å². The van der Waals surface area contributed by atoms with E-state index in [1.807, 2.05) is 55.5 Å². The minimum absolute atomic E-state index is 0.0433. The maximum absolute atomic E-state index is 13.3. The predicted octanol–water partition coefficient (Wildman–Crippen LogP) is 4.64. The van der Waals surface area contributed by atoms with Crippen molar-refractivity contribution in [3.8, 4) is 16.9 Å². The first-order valence-electron chi connectivity index (χ1n) is 9.77. The van der Waals surface area contributed by atoms with Crippen LogP contribution in [0.5, 0.6) is 5.75 Å². The second kappa shape index (κ2) is 8.61. The number of nitrogens with one attached hydrogen (secondary N) is 2. The lowest BCUT2D eigenvalue weighted by atomic mass is 10.0. The summed E-state index contributed by atoms with van der Waals surface area (Å²) in [5.74, 6) is 1.39. The van der Waals surface area contributed by atoms with Crippen LogP contribution in [0.4, 0.5) is 5.82 Å². The Labute approximate surface area is 169 Å². The number of fused-ring (bicyclic) bond motifs is 1. The first kappa shape index (κ1) is 18.7. The van der Waals surface area contributed by atoms with Gasteiger partial charge >= 0.3 is 0 Å². The highest BCUT2D eigenvalue weighted by Gasteiger charge is 2.12. The number of ether oxygens (including phenoxy) is 1. The maximum Gasteiger partial charge on any atom is 0.200 e. The van der Waals surface area contributed by atoms with E-state index in [2.05, 4.69) is 27.4 Å². The number of nitrogens with zero attached hydrogens (tertiary/aromatic N) is 1. The van der Waals surface area contributed by atoms with Crippen molar-refractivity contribution < 1.29 is 4.74 Å². The van der Waals surface area contributed by atoms with E-state index < -0.39 is 0 Å². The molecule has 2 N–H and O–H groups in total. The molecule has 2 heterocycles. The molecule has 0 saturated carbocycles. The average molecular weight is 385 g/mol. The molecule has 0 aliphatic carbocycles. The molecule has 0 atom stereocenters. The van der Waals surface area contributed by atoms with Gasteiger partial charge < -0.3 is 15.0 Å². The zero-order valence-corrected chi connectivity index (χ0v) is 16.3. The second-order valence-electron chi connectivity index (χ2n) is 6.73. The zero-order chi connectivity index (χ0) is 20.1. The Kier molecular flexibility index (Phi) is 5.56. The number of H-pyrrole nitrogens is 1. The summed E-state index contributed by atoms with van der Waals surface area (Å²) in [5, 5.41) is 3.91. The highest BCUT2D eigenvalue weighted by atomic mass is 16.5. The summed E-state index contributed by atoms with van der Waals surface area (Å²) in [6.07, 6.45) is 4.32. The SMILES string of the molecule is CCOc1ccc(-c2c[nH]c3ccnc(NCCc4ccccc4)c3c2=O)cc1. The Morgan fingerprint density at radius 2 is 1.83 bits per heavy atom. The quantitative estimate of drug-likeness (QED) is 0.486. The monoisotopic (exact) mass is 385 g/mol. The van der Waals surface area contributed by atoms with Crippen molar-refractivity contribution in [2.45, 2.75) is 13.3 Å². The molecule has 0 bridgehead atoms. The van der Waals surface area contributed by atoms with Gasteiger partial charge in [0.25, 0.3) is 0 Å². The first-order chi connectivity index (χ1) is 14.3. The third-order valence-corrected chi connectivity index (χ3v) is 4.82. The minimum Gasteiger partial charge on any atom is -0.494 e. The summed E-state index contributed by atoms with van der Waals surface area (Å²) in [5.41, 5.74) is 3.42. The fourth-order valence-electron chi connectivity index (χ4n) is 3.38. The molecule has 146 valence electrons. The van der Waals surface area contributed by atoms with Crippen LogP contribution in [0.1, 0.15) is 12.5 Å². The molecule has 0 fully saturated rings. The smallest absolute Gasteiger partial charge is 0.200 e. The topological polar surface area (TPSA) is 67.0 Å². The van der Waals surface area contributed by atoms with Crippen LogP contribution < -0.4 is 15.5 Å². The number of aromatic nitrogens is 2. The number of benzene rings is 2. The summed E-state index contributed by atoms with van der Waals surface area (Å²) in [4.78, 5) is 20.9. The Balaban J connectivity index is 1.64. The molecule has 0 aliphatic rings. The van der Waals surface area contributed by atoms with Crippen LogP contribution in [0, 0.1) is 0 Å². The van der Waals surface area contributed by atoms with Crippen molar-refractivity contribution in [3.63, 3.8) is 0 Å². The van der Waals surface area contributed by atoms with E-state index in [0.29, 0.717) is 29.9 Å². The number of pyridine rings is 2. The normalized spacial score (nSPS) is 10.8. The van der Waals surface area contributed by atoms with E-state index in [9.17, 15) is 4.79 Å². The molecule has 0 spiro atoms. The average Bonchev–Trinajstić information content (AvgIpc) is 2.76. The first-order valence-corrected chi connectivity index (χ1v) is 9.77. The molecular weight excluding hydrogens is 362 g/mol. The van der Waals surface area contributed by atoms with E-state index in [1.165, 1.54) is 5.56 Å². The molecule has 5 heteroatoms. The van der Waals surface area contributed by atoms with Gasteiger partial charge in [-0.1, -0.05) is 42.5 Å². The lowest BCUT2D eigenvalue weighted by molar-refractivity contribution is 0.340. The summed E-state index contributed by atoms with van der Waals surface area (Å²) < 4.78 is 5.49. The zero-order valence-electron chi connectivity index (χ0n) is 16.3. The molecule has 2 aromatic carbocycles. The van der Waals surface area contributed by atoms with Gasteiger partial charge in [-0.2, -0.15) is 0 Å². The van der Waals surface area contributed by atoms with Crippen molar-refractivity contribution >= 4 is 16.7 Å². The molecule has 2 aromatic heterocycles. The number of hydrogen-bond acceptors (Lipinski definition) is 4. The standard InChI is InChI=1S/C24H23N3O2/c1-2-29-19-10-8-18(9-11-19)20-16-27-21-13-15-26-24(22(21)23(20)28)25-14-12-17-6-4-3-5-7-17/h3-11,13,15-16H,2,12,14H2,1H3,(H,25,26)(H,27,28). The third kappa shape index (κ3) is 4.14. The van der Waals surface area contributed by atoms with Crippen molar-refractivity contribution in [1.82, 2.24) is 9.97 Å². The lowest BCUT2D eigenvalue weighted by Gasteiger charge is -2.10. The second-order valence-corrected chi connectivity index (χ2v) is 6.73. The van der Waals surface area contributed by atoms with E-state index in [-0.39, 0.29) is 5.43 Å². The number of rotatable bonds is 7. The number of aromatic amines is 1. The lowest BCUT2D eigenvalue weighted by Crippen LogP contribution is -2.13. The summed E-state index contributed by atoms with van der Waals surface area (Å²) in [6.45, 7) is 3.25. The minimum atomic E-state index is -0.0433. The van der Waals surface area contributed by atoms with Crippen molar-refractivity contribution in [3.05, 3.63) is 88.8 Å². The number of anilines is 1. The van der Waals surface area contributed by atoms with Gasteiger partial charge in [0.1, 0.15) is 11.6 Å². The van der Waals surface area contributed by atoms with Gasteiger partial charge in [0.05, 0.1) is 17.5 Å². The van der Waals surface area contributed by atoms with Gasteiger partial charge in [0, 0.05) is 24.5 Å². The highest BCUT2D eigenvalue weighted by Crippen LogP contribution is 2.23. The van der Waals surface area contributed by atoms with Gasteiger partial charge in [0.15, 0.2) is 0 Å². The molecule has 0 aliphatic heterocycles. The van der Waals surface area contributed by atoms with Crippen LogP contribution in [0.2, 0.25) is 0 Å². The maximum atomic E-state index is 13.3. The Hall–Kier alpha value is -3.60. The summed E-state index contributed by atoms with van der Waals surface area (Å²) >= 11 is 0. The largest absolute Gasteiger partial charge is 0.494 e. The highest BCUT2D eigenvalue weighted by molar-refractivity contribution is 5.91. The molecule has 29 heavy (non-hydrogen) atoms. The van der Waals surface area contributed by atoms with Gasteiger partial charge in [-0.3, -0.25) is 4.79 Å². The van der Waals surface area contributed by atoms with E-state index in [4.69, 9.17) is 4.74 Å². The molecule has 4 aromatic rings. The molecule has 0 saturated heterocycles. The Bertz CT molecular complexity index is 1150. The Morgan fingerprint density at radius 1 is 1.03 bits per heavy atom. The van der Waals surface area contributed by atoms with Crippen molar-refractivity contribution in [2.75, 3.05) is 18.5 Å². The molecule has 0 radical (unpaired) electrons. The molecule has 5 nitrogen and oxygen atoms in total. The fraction of sp³-hybridized carbons (Fsp3) is 0.167. The summed E-state index contributed by atoms with van der Waals surface area (Å²) in [6, 6.07) is 19.6. The van der Waals surface area contributed by atoms with Crippen LogP contribution in [-0.4, -0.2) is 23.1 Å². The molecule has 4 rings (SSSR count). The van der Waals surface area contributed by atoms with Crippen LogP contribution in [0.25, 0.3) is 22.0 Å². The summed E-state index contributed by atoms with van der Waals surface area (Å²) in [7, 11) is 0. The van der Waals surface area contributed by atoms with E-state index in [1.54, 1.807) is 12.4 Å². The van der Waals surface area contributed by atoms with Gasteiger partial charge in [0.2, 0.25) is 5.43 Å². The predicted molar refractivity (Wildman–Crippen MR) is 118 cm³/mol. The van der Waals surface area contributed by atoms with E-state index >= 15 is 0 Å². The van der Waals surface area contributed by atoms with Gasteiger partial charge in [-0.25, -0.2) is 4.98 Å². The Morgan fingerprint density at radius 3 is 2.59 bits per heavy atom. The molecular formula is C24H23N3O2. The van der Waals surface area contributed by atoms with Gasteiger partial charge in [-0.15, -0.1) is 0 Å². The van der Waals surface area contributed by atoms with Crippen LogP contribution in [0.15, 0.2) is 77.9 Å². The van der Waals surface area contributed by atoms with E-state index in [0.717, 1.165) is 23.3 Å².